The highest BCUT2D eigenvalue weighted by atomic mass is 16.5. The van der Waals surface area contributed by atoms with Crippen LogP contribution in [-0.2, 0) is 6.61 Å². The molecule has 5 nitrogen and oxygen atoms in total. The molecule has 0 bridgehead atoms. The van der Waals surface area contributed by atoms with Gasteiger partial charge in [0.15, 0.2) is 5.76 Å². The third-order valence-corrected chi connectivity index (χ3v) is 4.47. The fourth-order valence-corrected chi connectivity index (χ4v) is 3.00. The molecule has 29 heavy (non-hydrogen) atoms. The van der Waals surface area contributed by atoms with E-state index in [9.17, 15) is 4.79 Å². The number of benzene rings is 3. The molecule has 0 aliphatic rings. The van der Waals surface area contributed by atoms with E-state index in [0.717, 1.165) is 22.3 Å². The smallest absolute Gasteiger partial charge is 0.287 e. The van der Waals surface area contributed by atoms with Crippen molar-refractivity contribution in [2.24, 2.45) is 0 Å². The lowest BCUT2D eigenvalue weighted by Gasteiger charge is -2.09. The molecule has 0 unspecified atom stereocenters. The normalized spacial score (nSPS) is 10.6. The molecule has 3 aromatic carbocycles. The first kappa shape index (κ1) is 18.6. The van der Waals surface area contributed by atoms with E-state index in [-0.39, 0.29) is 18.3 Å². The van der Waals surface area contributed by atoms with E-state index in [0.29, 0.717) is 18.7 Å². The van der Waals surface area contributed by atoms with Crippen LogP contribution < -0.4 is 14.8 Å². The topological polar surface area (TPSA) is 60.7 Å². The Balaban J connectivity index is 1.27. The number of carbonyl (C=O) groups is 1. The van der Waals surface area contributed by atoms with Gasteiger partial charge in [0.1, 0.15) is 24.7 Å². The Labute approximate surface area is 168 Å². The van der Waals surface area contributed by atoms with Gasteiger partial charge >= 0.3 is 0 Å². The molecule has 5 heteroatoms. The van der Waals surface area contributed by atoms with Crippen LogP contribution in [-0.4, -0.2) is 19.1 Å². The highest BCUT2D eigenvalue weighted by Gasteiger charge is 2.15. The van der Waals surface area contributed by atoms with Crippen molar-refractivity contribution in [3.8, 4) is 11.5 Å². The number of amides is 1. The fraction of sp³-hybridized carbons (Fsp3) is 0.125. The van der Waals surface area contributed by atoms with Crippen molar-refractivity contribution in [1.82, 2.24) is 5.32 Å². The van der Waals surface area contributed by atoms with Crippen LogP contribution in [0.25, 0.3) is 10.8 Å². The maximum atomic E-state index is 12.4. The lowest BCUT2D eigenvalue weighted by atomic mass is 10.1. The van der Waals surface area contributed by atoms with Gasteiger partial charge in [0.05, 0.1) is 12.8 Å². The van der Waals surface area contributed by atoms with Gasteiger partial charge in [-0.25, -0.2) is 0 Å². The Morgan fingerprint density at radius 3 is 2.48 bits per heavy atom. The van der Waals surface area contributed by atoms with E-state index < -0.39 is 0 Å². The van der Waals surface area contributed by atoms with E-state index >= 15 is 0 Å². The quantitative estimate of drug-likeness (QED) is 0.440. The third-order valence-electron chi connectivity index (χ3n) is 4.47. The van der Waals surface area contributed by atoms with Crippen LogP contribution in [0.4, 0.5) is 0 Å². The Morgan fingerprint density at radius 2 is 1.62 bits per heavy atom. The highest BCUT2D eigenvalue weighted by molar-refractivity contribution is 5.92. The molecular weight excluding hydrogens is 366 g/mol. The zero-order valence-electron chi connectivity index (χ0n) is 15.8. The van der Waals surface area contributed by atoms with Crippen LogP contribution in [0.5, 0.6) is 11.5 Å². The van der Waals surface area contributed by atoms with Crippen LogP contribution in [0.2, 0.25) is 0 Å². The average molecular weight is 387 g/mol. The van der Waals surface area contributed by atoms with Crippen LogP contribution in [0, 0.1) is 0 Å². The minimum Gasteiger partial charge on any atom is -0.492 e. The second-order valence-corrected chi connectivity index (χ2v) is 6.49. The molecule has 0 spiro atoms. The van der Waals surface area contributed by atoms with Gasteiger partial charge in [-0.2, -0.15) is 0 Å². The van der Waals surface area contributed by atoms with E-state index in [2.05, 4.69) is 11.4 Å². The molecule has 1 heterocycles. The monoisotopic (exact) mass is 387 g/mol. The Kier molecular flexibility index (Phi) is 5.76. The highest BCUT2D eigenvalue weighted by Crippen LogP contribution is 2.20. The van der Waals surface area contributed by atoms with Gasteiger partial charge in [0.25, 0.3) is 5.91 Å². The van der Waals surface area contributed by atoms with Crippen molar-refractivity contribution in [3.05, 3.63) is 96.4 Å². The fourth-order valence-electron chi connectivity index (χ4n) is 3.00. The summed E-state index contributed by atoms with van der Waals surface area (Å²) in [5.41, 5.74) is 0.696. The van der Waals surface area contributed by atoms with Gasteiger partial charge in [0, 0.05) is 5.56 Å². The summed E-state index contributed by atoms with van der Waals surface area (Å²) in [5, 5.41) is 5.10. The van der Waals surface area contributed by atoms with Crippen LogP contribution in [0.3, 0.4) is 0 Å². The van der Waals surface area contributed by atoms with Crippen molar-refractivity contribution in [2.75, 3.05) is 13.2 Å². The number of nitrogens with one attached hydrogen (secondary N) is 1. The first-order chi connectivity index (χ1) is 14.3. The third kappa shape index (κ3) is 4.76. The minimum absolute atomic E-state index is 0.256. The number of carbonyl (C=O) groups excluding carboxylic acids is 1. The first-order valence-electron chi connectivity index (χ1n) is 9.43. The largest absolute Gasteiger partial charge is 0.492 e. The molecule has 0 radical (unpaired) electrons. The zero-order valence-corrected chi connectivity index (χ0v) is 15.8. The Bertz CT molecular complexity index is 1090. The number of para-hydroxylation sites is 1. The number of ether oxygens (including phenoxy) is 2. The Hall–Kier alpha value is -3.73. The molecule has 4 aromatic rings. The molecule has 1 aromatic heterocycles. The van der Waals surface area contributed by atoms with Crippen LogP contribution in [0.15, 0.2) is 89.5 Å². The molecule has 4 rings (SSSR count). The molecule has 146 valence electrons. The maximum Gasteiger partial charge on any atom is 0.287 e. The summed E-state index contributed by atoms with van der Waals surface area (Å²) in [6.07, 6.45) is 1.49. The van der Waals surface area contributed by atoms with Crippen molar-refractivity contribution in [2.45, 2.75) is 6.61 Å². The van der Waals surface area contributed by atoms with Crippen molar-refractivity contribution >= 4 is 16.7 Å². The summed E-state index contributed by atoms with van der Waals surface area (Å²) < 4.78 is 16.8. The standard InChI is InChI=1S/C24H21NO4/c26-24(23-20(12-14-28-23)17-29-21-8-2-1-3-9-21)25-13-15-27-22-11-10-18-6-4-5-7-19(18)16-22/h1-12,14,16H,13,15,17H2,(H,25,26). The number of furan rings is 1. The predicted molar refractivity (Wildman–Crippen MR) is 111 cm³/mol. The Morgan fingerprint density at radius 1 is 0.828 bits per heavy atom. The van der Waals surface area contributed by atoms with Crippen molar-refractivity contribution in [1.29, 1.82) is 0 Å². The molecule has 0 aliphatic carbocycles. The van der Waals surface area contributed by atoms with E-state index in [1.807, 2.05) is 66.7 Å². The summed E-state index contributed by atoms with van der Waals surface area (Å²) in [4.78, 5) is 12.4. The first-order valence-corrected chi connectivity index (χ1v) is 9.43. The van der Waals surface area contributed by atoms with E-state index in [4.69, 9.17) is 13.9 Å². The molecule has 0 aliphatic heterocycles. The number of hydrogen-bond acceptors (Lipinski definition) is 4. The van der Waals surface area contributed by atoms with Gasteiger partial charge in [-0.05, 0) is 41.1 Å². The number of fused-ring (bicyclic) bond motifs is 1. The van der Waals surface area contributed by atoms with Gasteiger partial charge in [-0.3, -0.25) is 4.79 Å². The SMILES string of the molecule is O=C(NCCOc1ccc2ccccc2c1)c1occc1COc1ccccc1. The van der Waals surface area contributed by atoms with Gasteiger partial charge in [-0.15, -0.1) is 0 Å². The van der Waals surface area contributed by atoms with Gasteiger partial charge in [0.2, 0.25) is 0 Å². The number of hydrogen-bond donors (Lipinski definition) is 1. The summed E-state index contributed by atoms with van der Waals surface area (Å²) in [6, 6.07) is 25.2. The minimum atomic E-state index is -0.288. The molecule has 0 fully saturated rings. The lowest BCUT2D eigenvalue weighted by Crippen LogP contribution is -2.28. The van der Waals surface area contributed by atoms with Gasteiger partial charge < -0.3 is 19.2 Å². The summed E-state index contributed by atoms with van der Waals surface area (Å²) in [7, 11) is 0. The number of rotatable bonds is 8. The average Bonchev–Trinajstić information content (AvgIpc) is 3.24. The molecule has 0 saturated carbocycles. The summed E-state index contributed by atoms with van der Waals surface area (Å²) in [5.74, 6) is 1.48. The molecule has 1 N–H and O–H groups in total. The molecule has 0 saturated heterocycles. The predicted octanol–water partition coefficient (Wildman–Crippen LogP) is 4.82. The lowest BCUT2D eigenvalue weighted by molar-refractivity contribution is 0.0916. The summed E-state index contributed by atoms with van der Waals surface area (Å²) >= 11 is 0. The zero-order chi connectivity index (χ0) is 19.9. The van der Waals surface area contributed by atoms with Crippen LogP contribution in [0.1, 0.15) is 16.1 Å². The molecule has 0 atom stereocenters. The van der Waals surface area contributed by atoms with E-state index in [1.54, 1.807) is 6.07 Å². The second kappa shape index (κ2) is 8.97. The van der Waals surface area contributed by atoms with Crippen molar-refractivity contribution < 1.29 is 18.7 Å². The van der Waals surface area contributed by atoms with Gasteiger partial charge in [-0.1, -0.05) is 48.5 Å². The molecule has 1 amide bonds. The van der Waals surface area contributed by atoms with Crippen LogP contribution >= 0.6 is 0 Å². The van der Waals surface area contributed by atoms with E-state index in [1.165, 1.54) is 6.26 Å². The van der Waals surface area contributed by atoms with Crippen molar-refractivity contribution in [3.63, 3.8) is 0 Å². The molecular formula is C24H21NO4. The summed E-state index contributed by atoms with van der Waals surface area (Å²) in [6.45, 7) is 0.989. The second-order valence-electron chi connectivity index (χ2n) is 6.49. The maximum absolute atomic E-state index is 12.4.